The minimum Gasteiger partial charge on any atom is -0.336 e. The summed E-state index contributed by atoms with van der Waals surface area (Å²) in [6, 6.07) is 1.87. The van der Waals surface area contributed by atoms with Gasteiger partial charge in [0.2, 0.25) is 0 Å². The quantitative estimate of drug-likeness (QED) is 0.804. The third-order valence-corrected chi connectivity index (χ3v) is 3.35. The summed E-state index contributed by atoms with van der Waals surface area (Å²) in [6.45, 7) is 4.23. The van der Waals surface area contributed by atoms with E-state index in [0.717, 1.165) is 6.54 Å². The zero-order valence-electron chi connectivity index (χ0n) is 9.90. The minimum absolute atomic E-state index is 0. The maximum absolute atomic E-state index is 12.2. The highest BCUT2D eigenvalue weighted by molar-refractivity contribution is 9.10. The van der Waals surface area contributed by atoms with Crippen molar-refractivity contribution in [3.63, 3.8) is 0 Å². The third kappa shape index (κ3) is 3.34. The van der Waals surface area contributed by atoms with Crippen LogP contribution in [0.15, 0.2) is 21.5 Å². The van der Waals surface area contributed by atoms with Gasteiger partial charge in [0.15, 0.2) is 0 Å². The monoisotopic (exact) mass is 335 g/mol. The van der Waals surface area contributed by atoms with E-state index in [4.69, 9.17) is 0 Å². The minimum atomic E-state index is -0.227. The molecule has 1 aromatic heterocycles. The first-order chi connectivity index (χ1) is 8.08. The molecule has 1 amide bonds. The van der Waals surface area contributed by atoms with Crippen molar-refractivity contribution < 1.29 is 4.79 Å². The smallest absolute Gasteiger partial charge is 0.262 e. The van der Waals surface area contributed by atoms with E-state index in [2.05, 4.69) is 26.2 Å². The molecule has 18 heavy (non-hydrogen) atoms. The van der Waals surface area contributed by atoms with Crippen LogP contribution >= 0.6 is 28.3 Å². The number of nitrogens with one attached hydrogen (secondary N) is 2. The van der Waals surface area contributed by atoms with Crippen molar-refractivity contribution in [2.24, 2.45) is 0 Å². The van der Waals surface area contributed by atoms with Gasteiger partial charge in [0.05, 0.1) is 10.0 Å². The zero-order valence-corrected chi connectivity index (χ0v) is 12.3. The van der Waals surface area contributed by atoms with Gasteiger partial charge in [-0.25, -0.2) is 0 Å². The van der Waals surface area contributed by atoms with Crippen LogP contribution < -0.4 is 10.9 Å². The van der Waals surface area contributed by atoms with Gasteiger partial charge in [-0.1, -0.05) is 0 Å². The lowest BCUT2D eigenvalue weighted by atomic mass is 10.2. The Hall–Kier alpha value is -0.850. The Morgan fingerprint density at radius 2 is 2.28 bits per heavy atom. The summed E-state index contributed by atoms with van der Waals surface area (Å²) in [4.78, 5) is 27.7. The maximum atomic E-state index is 12.2. The van der Waals surface area contributed by atoms with Crippen molar-refractivity contribution in [2.45, 2.75) is 13.0 Å². The Kier molecular flexibility index (Phi) is 5.37. The van der Waals surface area contributed by atoms with E-state index in [1.165, 1.54) is 6.20 Å². The number of pyridine rings is 1. The molecule has 0 radical (unpaired) electrons. The maximum Gasteiger partial charge on any atom is 0.262 e. The first-order valence-corrected chi connectivity index (χ1v) is 6.28. The highest BCUT2D eigenvalue weighted by atomic mass is 79.9. The first kappa shape index (κ1) is 15.2. The number of piperazine rings is 1. The lowest BCUT2D eigenvalue weighted by Crippen LogP contribution is -2.51. The van der Waals surface area contributed by atoms with Crippen molar-refractivity contribution in [3.8, 4) is 0 Å². The fraction of sp³-hybridized carbons (Fsp3) is 0.455. The van der Waals surface area contributed by atoms with Crippen LogP contribution in [0.4, 0.5) is 0 Å². The molecule has 1 aliphatic heterocycles. The van der Waals surface area contributed by atoms with E-state index < -0.39 is 0 Å². The number of hydrogen-bond acceptors (Lipinski definition) is 3. The fourth-order valence-electron chi connectivity index (χ4n) is 1.88. The van der Waals surface area contributed by atoms with Gasteiger partial charge in [0.25, 0.3) is 11.5 Å². The summed E-state index contributed by atoms with van der Waals surface area (Å²) < 4.78 is 0.381. The van der Waals surface area contributed by atoms with E-state index in [0.29, 0.717) is 29.2 Å². The standard InChI is InChI=1S/C11H14BrN3O2.ClH/c1-7-6-15(3-2-13-7)11(17)8-4-9(12)10(16)14-5-8;/h4-5,7,13H,2-3,6H2,1H3,(H,14,16);1H. The number of nitrogens with zero attached hydrogens (tertiary/aromatic N) is 1. The molecule has 0 aromatic carbocycles. The second-order valence-corrected chi connectivity index (χ2v) is 5.03. The SMILES string of the molecule is CC1CN(C(=O)c2c[nH]c(=O)c(Br)c2)CCN1.Cl. The number of rotatable bonds is 1. The highest BCUT2D eigenvalue weighted by Crippen LogP contribution is 2.10. The van der Waals surface area contributed by atoms with Crippen LogP contribution in [-0.4, -0.2) is 41.5 Å². The van der Waals surface area contributed by atoms with Gasteiger partial charge in [-0.2, -0.15) is 0 Å². The van der Waals surface area contributed by atoms with Gasteiger partial charge in [-0.3, -0.25) is 9.59 Å². The number of hydrogen-bond donors (Lipinski definition) is 2. The number of halogens is 2. The van der Waals surface area contributed by atoms with Crippen LogP contribution in [0.3, 0.4) is 0 Å². The molecule has 1 atom stereocenters. The zero-order chi connectivity index (χ0) is 12.4. The predicted molar refractivity (Wildman–Crippen MR) is 75.4 cm³/mol. The average Bonchev–Trinajstić information content (AvgIpc) is 2.32. The van der Waals surface area contributed by atoms with Crippen LogP contribution in [0.2, 0.25) is 0 Å². The Bertz CT molecular complexity index is 491. The number of aromatic amines is 1. The molecule has 100 valence electrons. The molecular formula is C11H15BrClN3O2. The van der Waals surface area contributed by atoms with E-state index in [1.807, 2.05) is 6.92 Å². The Balaban J connectivity index is 0.00000162. The fourth-order valence-corrected chi connectivity index (χ4v) is 2.24. The van der Waals surface area contributed by atoms with E-state index in [1.54, 1.807) is 11.0 Å². The number of aromatic nitrogens is 1. The largest absolute Gasteiger partial charge is 0.336 e. The van der Waals surface area contributed by atoms with Crippen LogP contribution in [-0.2, 0) is 0 Å². The topological polar surface area (TPSA) is 65.2 Å². The average molecular weight is 337 g/mol. The highest BCUT2D eigenvalue weighted by Gasteiger charge is 2.21. The predicted octanol–water partition coefficient (Wildman–Crippen LogP) is 0.993. The Labute approximate surface area is 119 Å². The molecule has 2 heterocycles. The number of amides is 1. The van der Waals surface area contributed by atoms with Crippen LogP contribution in [0.5, 0.6) is 0 Å². The molecule has 7 heteroatoms. The summed E-state index contributed by atoms with van der Waals surface area (Å²) in [5.74, 6) is -0.0460. The molecule has 2 N–H and O–H groups in total. The van der Waals surface area contributed by atoms with Gasteiger partial charge in [0.1, 0.15) is 0 Å². The molecule has 1 fully saturated rings. The second-order valence-electron chi connectivity index (χ2n) is 4.17. The van der Waals surface area contributed by atoms with Crippen LogP contribution in [0, 0.1) is 0 Å². The van der Waals surface area contributed by atoms with Crippen molar-refractivity contribution in [1.82, 2.24) is 15.2 Å². The van der Waals surface area contributed by atoms with Crippen LogP contribution in [0.25, 0.3) is 0 Å². The first-order valence-electron chi connectivity index (χ1n) is 5.49. The number of carbonyl (C=O) groups excluding carboxylic acids is 1. The summed E-state index contributed by atoms with van der Waals surface area (Å²) in [6.07, 6.45) is 1.46. The van der Waals surface area contributed by atoms with Gasteiger partial charge in [-0.05, 0) is 28.9 Å². The van der Waals surface area contributed by atoms with Gasteiger partial charge >= 0.3 is 0 Å². The second kappa shape index (κ2) is 6.36. The van der Waals surface area contributed by atoms with Crippen molar-refractivity contribution >= 4 is 34.2 Å². The number of carbonyl (C=O) groups is 1. The Morgan fingerprint density at radius 3 is 2.89 bits per heavy atom. The molecular weight excluding hydrogens is 321 g/mol. The Morgan fingerprint density at radius 1 is 1.56 bits per heavy atom. The summed E-state index contributed by atoms with van der Waals surface area (Å²) in [5, 5.41) is 3.28. The van der Waals surface area contributed by atoms with Crippen LogP contribution in [0.1, 0.15) is 17.3 Å². The molecule has 0 spiro atoms. The van der Waals surface area contributed by atoms with Gasteiger partial charge in [0, 0.05) is 31.9 Å². The van der Waals surface area contributed by atoms with Crippen molar-refractivity contribution in [2.75, 3.05) is 19.6 Å². The van der Waals surface area contributed by atoms with E-state index in [-0.39, 0.29) is 23.9 Å². The summed E-state index contributed by atoms with van der Waals surface area (Å²) >= 11 is 3.12. The van der Waals surface area contributed by atoms with Crippen molar-refractivity contribution in [3.05, 3.63) is 32.7 Å². The van der Waals surface area contributed by atoms with Gasteiger partial charge in [-0.15, -0.1) is 12.4 Å². The van der Waals surface area contributed by atoms with E-state index >= 15 is 0 Å². The molecule has 1 aromatic rings. The normalized spacial score (nSPS) is 19.2. The molecule has 1 saturated heterocycles. The molecule has 1 aliphatic rings. The molecule has 2 rings (SSSR count). The molecule has 0 saturated carbocycles. The number of H-pyrrole nitrogens is 1. The third-order valence-electron chi connectivity index (χ3n) is 2.76. The molecule has 1 unspecified atom stereocenters. The van der Waals surface area contributed by atoms with Crippen molar-refractivity contribution in [1.29, 1.82) is 0 Å². The lowest BCUT2D eigenvalue weighted by molar-refractivity contribution is 0.0708. The molecule has 0 bridgehead atoms. The molecule has 0 aliphatic carbocycles. The molecule has 5 nitrogen and oxygen atoms in total. The summed E-state index contributed by atoms with van der Waals surface area (Å²) in [5.41, 5.74) is 0.279. The van der Waals surface area contributed by atoms with E-state index in [9.17, 15) is 9.59 Å². The summed E-state index contributed by atoms with van der Waals surface area (Å²) in [7, 11) is 0. The lowest BCUT2D eigenvalue weighted by Gasteiger charge is -2.31. The van der Waals surface area contributed by atoms with Gasteiger partial charge < -0.3 is 15.2 Å².